The van der Waals surface area contributed by atoms with Crippen molar-refractivity contribution in [2.45, 2.75) is 17.6 Å². The Kier molecular flexibility index (Phi) is 4.77. The molecule has 1 amide bonds. The topological polar surface area (TPSA) is 101 Å². The first-order chi connectivity index (χ1) is 9.17. The molecule has 0 radical (unpaired) electrons. The Bertz CT molecular complexity index is 629. The van der Waals surface area contributed by atoms with Crippen LogP contribution in [0.4, 0.5) is 14.5 Å². The van der Waals surface area contributed by atoms with Crippen LogP contribution in [0.25, 0.3) is 0 Å². The minimum Gasteiger partial charge on any atom is -0.481 e. The zero-order chi connectivity index (χ0) is 15.5. The van der Waals surface area contributed by atoms with Crippen LogP contribution >= 0.6 is 0 Å². The number of benzene rings is 1. The molecule has 2 N–H and O–H groups in total. The highest BCUT2D eigenvalue weighted by molar-refractivity contribution is 7.91. The van der Waals surface area contributed by atoms with Gasteiger partial charge in [0.25, 0.3) is 0 Å². The molecule has 0 aromatic heterocycles. The highest BCUT2D eigenvalue weighted by Crippen LogP contribution is 2.26. The molecule has 0 saturated carbocycles. The lowest BCUT2D eigenvalue weighted by atomic mass is 10.1. The van der Waals surface area contributed by atoms with Crippen molar-refractivity contribution in [2.24, 2.45) is 5.92 Å². The van der Waals surface area contributed by atoms with Gasteiger partial charge in [-0.05, 0) is 19.1 Å². The van der Waals surface area contributed by atoms with E-state index in [9.17, 15) is 26.8 Å². The van der Waals surface area contributed by atoms with Crippen molar-refractivity contribution in [3.05, 3.63) is 24.3 Å². The number of carboxylic acid groups (broad SMARTS) is 1. The Hall–Kier alpha value is -2.03. The van der Waals surface area contributed by atoms with Crippen LogP contribution in [0.2, 0.25) is 0 Å². The van der Waals surface area contributed by atoms with Gasteiger partial charge in [0.1, 0.15) is 5.92 Å². The molecule has 0 bridgehead atoms. The van der Waals surface area contributed by atoms with Crippen LogP contribution in [0.5, 0.6) is 0 Å². The maximum absolute atomic E-state index is 12.5. The number of halogens is 2. The van der Waals surface area contributed by atoms with Crippen molar-refractivity contribution < 1.29 is 31.9 Å². The summed E-state index contributed by atoms with van der Waals surface area (Å²) in [7, 11) is -4.89. The molecule has 110 valence electrons. The number of carbonyl (C=O) groups excluding carboxylic acids is 1. The van der Waals surface area contributed by atoms with E-state index in [4.69, 9.17) is 5.11 Å². The van der Waals surface area contributed by atoms with Crippen LogP contribution in [0.1, 0.15) is 6.92 Å². The first-order valence-electron chi connectivity index (χ1n) is 5.32. The number of nitrogens with one attached hydrogen (secondary N) is 1. The van der Waals surface area contributed by atoms with Gasteiger partial charge < -0.3 is 10.4 Å². The molecule has 1 rings (SSSR count). The number of anilines is 1. The van der Waals surface area contributed by atoms with Crippen LogP contribution < -0.4 is 5.32 Å². The molecular weight excluding hydrogens is 296 g/mol. The van der Waals surface area contributed by atoms with E-state index < -0.39 is 38.3 Å². The van der Waals surface area contributed by atoms with E-state index in [0.29, 0.717) is 0 Å². The summed E-state index contributed by atoms with van der Waals surface area (Å²) in [5, 5.41) is 10.7. The molecule has 1 atom stereocenters. The Labute approximate surface area is 113 Å². The number of sulfone groups is 1. The van der Waals surface area contributed by atoms with Gasteiger partial charge in [-0.25, -0.2) is 8.42 Å². The standard InChI is InChI=1S/C11H11F2NO5S/c1-6(10(16)17)9(15)14-7-4-2-3-5-8(7)20(18,19)11(12)13/h2-6,11H,1H3,(H,14,15)(H,16,17). The summed E-state index contributed by atoms with van der Waals surface area (Å²) in [5.74, 6) is -7.51. The molecule has 0 aliphatic rings. The van der Waals surface area contributed by atoms with E-state index in [1.807, 2.05) is 5.32 Å². The largest absolute Gasteiger partial charge is 0.481 e. The van der Waals surface area contributed by atoms with Gasteiger partial charge in [-0.3, -0.25) is 9.59 Å². The first kappa shape index (κ1) is 16.0. The van der Waals surface area contributed by atoms with Gasteiger partial charge in [-0.15, -0.1) is 0 Å². The van der Waals surface area contributed by atoms with Crippen LogP contribution in [-0.4, -0.2) is 31.2 Å². The Morgan fingerprint density at radius 3 is 2.30 bits per heavy atom. The Morgan fingerprint density at radius 2 is 1.80 bits per heavy atom. The van der Waals surface area contributed by atoms with Gasteiger partial charge >= 0.3 is 11.7 Å². The van der Waals surface area contributed by atoms with Crippen molar-refractivity contribution in [1.29, 1.82) is 0 Å². The average molecular weight is 307 g/mol. The van der Waals surface area contributed by atoms with Crippen LogP contribution in [0.3, 0.4) is 0 Å². The number of aliphatic carboxylic acids is 1. The SMILES string of the molecule is CC(C(=O)O)C(=O)Nc1ccccc1S(=O)(=O)C(F)F. The van der Waals surface area contributed by atoms with E-state index in [-0.39, 0.29) is 5.69 Å². The third-order valence-corrected chi connectivity index (χ3v) is 3.89. The van der Waals surface area contributed by atoms with Gasteiger partial charge in [-0.2, -0.15) is 8.78 Å². The molecule has 0 aliphatic heterocycles. The van der Waals surface area contributed by atoms with E-state index in [1.54, 1.807) is 0 Å². The van der Waals surface area contributed by atoms with Crippen molar-refractivity contribution in [3.8, 4) is 0 Å². The normalized spacial score (nSPS) is 13.0. The quantitative estimate of drug-likeness (QED) is 0.800. The van der Waals surface area contributed by atoms with Crippen molar-refractivity contribution in [3.63, 3.8) is 0 Å². The lowest BCUT2D eigenvalue weighted by molar-refractivity contribution is -0.144. The molecule has 1 aromatic rings. The summed E-state index contributed by atoms with van der Waals surface area (Å²) in [6, 6.07) is 4.54. The molecule has 0 spiro atoms. The fourth-order valence-corrected chi connectivity index (χ4v) is 2.15. The van der Waals surface area contributed by atoms with Crippen LogP contribution in [0.15, 0.2) is 29.2 Å². The molecule has 0 aliphatic carbocycles. The highest BCUT2D eigenvalue weighted by Gasteiger charge is 2.30. The third kappa shape index (κ3) is 3.29. The van der Waals surface area contributed by atoms with Crippen LogP contribution in [0, 0.1) is 5.92 Å². The molecule has 0 heterocycles. The number of alkyl halides is 2. The zero-order valence-electron chi connectivity index (χ0n) is 10.2. The number of para-hydroxylation sites is 1. The molecule has 1 unspecified atom stereocenters. The van der Waals surface area contributed by atoms with Gasteiger partial charge in [0.05, 0.1) is 10.6 Å². The molecule has 9 heteroatoms. The lowest BCUT2D eigenvalue weighted by Crippen LogP contribution is -2.27. The molecule has 1 aromatic carbocycles. The average Bonchev–Trinajstić information content (AvgIpc) is 2.37. The summed E-state index contributed by atoms with van der Waals surface area (Å²) in [6.07, 6.45) is 0. The third-order valence-electron chi connectivity index (χ3n) is 2.45. The molecule has 6 nitrogen and oxygen atoms in total. The monoisotopic (exact) mass is 307 g/mol. The van der Waals surface area contributed by atoms with Crippen LogP contribution in [-0.2, 0) is 19.4 Å². The fourth-order valence-electron chi connectivity index (χ4n) is 1.27. The predicted molar refractivity (Wildman–Crippen MR) is 65.1 cm³/mol. The Morgan fingerprint density at radius 1 is 1.25 bits per heavy atom. The molecule has 0 saturated heterocycles. The van der Waals surface area contributed by atoms with Crippen molar-refractivity contribution >= 4 is 27.4 Å². The summed E-state index contributed by atoms with van der Waals surface area (Å²) in [4.78, 5) is 21.4. The second-order valence-corrected chi connectivity index (χ2v) is 5.74. The highest BCUT2D eigenvalue weighted by atomic mass is 32.2. The summed E-state index contributed by atoms with van der Waals surface area (Å²) < 4.78 is 47.9. The van der Waals surface area contributed by atoms with E-state index >= 15 is 0 Å². The molecular formula is C11H11F2NO5S. The number of carbonyl (C=O) groups is 2. The number of hydrogen-bond donors (Lipinski definition) is 2. The smallest absolute Gasteiger partial charge is 0.341 e. The lowest BCUT2D eigenvalue weighted by Gasteiger charge is -2.12. The second-order valence-electron chi connectivity index (χ2n) is 3.85. The van der Waals surface area contributed by atoms with E-state index in [0.717, 1.165) is 19.1 Å². The number of carboxylic acids is 1. The van der Waals surface area contributed by atoms with Crippen molar-refractivity contribution in [2.75, 3.05) is 5.32 Å². The van der Waals surface area contributed by atoms with Crippen molar-refractivity contribution in [1.82, 2.24) is 0 Å². The minimum absolute atomic E-state index is 0.383. The number of rotatable bonds is 5. The molecule has 0 fully saturated rings. The van der Waals surface area contributed by atoms with Gasteiger partial charge in [0, 0.05) is 0 Å². The number of hydrogen-bond acceptors (Lipinski definition) is 4. The summed E-state index contributed by atoms with van der Waals surface area (Å²) >= 11 is 0. The zero-order valence-corrected chi connectivity index (χ0v) is 11.0. The van der Waals surface area contributed by atoms with Gasteiger partial charge in [0.2, 0.25) is 15.7 Å². The predicted octanol–water partition coefficient (Wildman–Crippen LogP) is 1.34. The van der Waals surface area contributed by atoms with E-state index in [1.165, 1.54) is 12.1 Å². The Balaban J connectivity index is 3.16. The molecule has 20 heavy (non-hydrogen) atoms. The minimum atomic E-state index is -4.89. The maximum Gasteiger partial charge on any atom is 0.341 e. The van der Waals surface area contributed by atoms with Gasteiger partial charge in [0.15, 0.2) is 0 Å². The summed E-state index contributed by atoms with van der Waals surface area (Å²) in [5.41, 5.74) is -0.383. The first-order valence-corrected chi connectivity index (χ1v) is 6.87. The fraction of sp³-hybridized carbons (Fsp3) is 0.273. The summed E-state index contributed by atoms with van der Waals surface area (Å²) in [6.45, 7) is 1.09. The number of amides is 1. The van der Waals surface area contributed by atoms with E-state index in [2.05, 4.69) is 0 Å². The van der Waals surface area contributed by atoms with Gasteiger partial charge in [-0.1, -0.05) is 12.1 Å². The second kappa shape index (κ2) is 5.95. The maximum atomic E-state index is 12.5.